The van der Waals surface area contributed by atoms with Gasteiger partial charge in [0.15, 0.2) is 45.2 Å². The monoisotopic (exact) mass is 2120 g/mol. The van der Waals surface area contributed by atoms with E-state index in [4.69, 9.17) is 65.4 Å². The van der Waals surface area contributed by atoms with Crippen LogP contribution in [0.1, 0.15) is 188 Å². The molecule has 0 bridgehead atoms. The molecule has 0 heterocycles. The summed E-state index contributed by atoms with van der Waals surface area (Å²) in [5.74, 6) is -6.59. The van der Waals surface area contributed by atoms with Crippen molar-refractivity contribution in [3.8, 4) is 67.9 Å². The van der Waals surface area contributed by atoms with Crippen molar-refractivity contribution in [1.82, 2.24) is 0 Å². The molecule has 6 atom stereocenters. The van der Waals surface area contributed by atoms with Crippen molar-refractivity contribution in [3.05, 3.63) is 284 Å². The number of halogens is 23. The zero-order chi connectivity index (χ0) is 100. The third kappa shape index (κ3) is 28.0. The summed E-state index contributed by atoms with van der Waals surface area (Å²) in [6.45, 7) is 5.24. The van der Waals surface area contributed by atoms with Gasteiger partial charge in [-0.2, -0.15) is 79.0 Å². The molecule has 0 aliphatic heterocycles. The fourth-order valence-electron chi connectivity index (χ4n) is 11.6. The first kappa shape index (κ1) is 118. The minimum atomic E-state index is -5.26. The third-order valence-corrected chi connectivity index (χ3v) is 20.8. The van der Waals surface area contributed by atoms with E-state index in [2.05, 4.69) is 0 Å². The molecule has 0 saturated carbocycles. The molecule has 10 aromatic rings. The van der Waals surface area contributed by atoms with E-state index in [1.54, 1.807) is 12.1 Å². The van der Waals surface area contributed by atoms with Gasteiger partial charge in [-0.25, -0.2) is 9.59 Å². The average Bonchev–Trinajstić information content (AvgIpc) is 0.759. The number of esters is 2. The molecule has 10 rings (SSSR count). The number of benzene rings is 10. The maximum atomic E-state index is 13.9. The molecule has 20 nitrogen and oxygen atoms in total. The van der Waals surface area contributed by atoms with Gasteiger partial charge in [0, 0.05) is 68.2 Å². The largest absolute Gasteiger partial charge is 0.508 e. The number of ketones is 2. The second-order valence-electron chi connectivity index (χ2n) is 29.4. The number of phenolic OH excluding ortho intramolecular Hbond substituents is 2. The third-order valence-electron chi connectivity index (χ3n) is 19.9. The summed E-state index contributed by atoms with van der Waals surface area (Å²) in [4.78, 5) is 91.0. The molecule has 0 radical (unpaired) electrons. The van der Waals surface area contributed by atoms with Gasteiger partial charge in [-0.1, -0.05) is 112 Å². The van der Waals surface area contributed by atoms with Gasteiger partial charge in [0.2, 0.25) is 0 Å². The topological polar surface area (TPSA) is 335 Å². The highest BCUT2D eigenvalue weighted by molar-refractivity contribution is 14.0. The lowest BCUT2D eigenvalue weighted by Gasteiger charge is -2.29. The molecular weight excluding hydrogens is 2040 g/mol. The van der Waals surface area contributed by atoms with Gasteiger partial charge in [0.05, 0.1) is 25.3 Å². The number of hydrogen-bond donors (Lipinski definition) is 8. The van der Waals surface area contributed by atoms with Gasteiger partial charge in [-0.15, -0.1) is 24.0 Å². The fourth-order valence-corrected chi connectivity index (χ4v) is 12.0. The zero-order valence-corrected chi connectivity index (χ0v) is 75.2. The van der Waals surface area contributed by atoms with Crippen LogP contribution in [0, 0.1) is 0 Å². The van der Waals surface area contributed by atoms with Crippen molar-refractivity contribution in [3.63, 3.8) is 0 Å². The van der Waals surface area contributed by atoms with Crippen molar-refractivity contribution in [2.24, 2.45) is 0 Å². The number of phenols is 2. The highest BCUT2D eigenvalue weighted by atomic mass is 127. The van der Waals surface area contributed by atoms with E-state index in [1.165, 1.54) is 123 Å². The lowest BCUT2D eigenvalue weighted by Crippen LogP contribution is -2.39. The maximum absolute atomic E-state index is 13.9. The van der Waals surface area contributed by atoms with Gasteiger partial charge < -0.3 is 59.8 Å². The normalized spacial score (nSPS) is 14.2. The molecule has 43 heteroatoms. The Labute approximate surface area is 796 Å². The van der Waals surface area contributed by atoms with Crippen LogP contribution in [0.3, 0.4) is 0 Å². The van der Waals surface area contributed by atoms with Crippen molar-refractivity contribution in [2.45, 2.75) is 141 Å². The van der Waals surface area contributed by atoms with Crippen LogP contribution in [0.15, 0.2) is 206 Å². The van der Waals surface area contributed by atoms with Crippen molar-refractivity contribution < 1.29 is 179 Å². The molecule has 8 N–H and O–H groups in total. The van der Waals surface area contributed by atoms with Crippen LogP contribution in [-0.2, 0) is 33.6 Å². The Bertz CT molecular complexity index is 5800. The number of ether oxygens (including phenoxy) is 4. The van der Waals surface area contributed by atoms with Crippen LogP contribution in [0.25, 0.3) is 33.4 Å². The van der Waals surface area contributed by atoms with Gasteiger partial charge in [-0.05, 0) is 244 Å². The summed E-state index contributed by atoms with van der Waals surface area (Å²) >= 11 is 20.7. The number of carbonyl (C=O) groups excluding carboxylic acids is 8. The van der Waals surface area contributed by atoms with E-state index in [9.17, 15) is 158 Å². The molecule has 6 unspecified atom stereocenters. The predicted molar refractivity (Wildman–Crippen MR) is 473 cm³/mol. The van der Waals surface area contributed by atoms with Crippen LogP contribution >= 0.6 is 70.4 Å². The van der Waals surface area contributed by atoms with Crippen molar-refractivity contribution in [2.75, 3.05) is 14.2 Å². The van der Waals surface area contributed by atoms with E-state index >= 15 is 0 Å². The Kier molecular flexibility index (Phi) is 39.4. The average molecular weight is 2120 g/mol. The highest BCUT2D eigenvalue weighted by Gasteiger charge is 2.58. The number of hydrogen-bond acceptors (Lipinski definition) is 20. The molecule has 0 aliphatic carbocycles. The van der Waals surface area contributed by atoms with Gasteiger partial charge in [0.1, 0.15) is 34.5 Å². The first-order valence-electron chi connectivity index (χ1n) is 37.1. The number of alkyl halides is 18. The van der Waals surface area contributed by atoms with Gasteiger partial charge in [-0.3, -0.25) is 28.8 Å². The van der Waals surface area contributed by atoms with Crippen LogP contribution in [0.2, 0.25) is 0 Å². The Morgan fingerprint density at radius 1 is 0.267 bits per heavy atom. The number of aliphatic hydroxyl groups is 6. The van der Waals surface area contributed by atoms with Crippen molar-refractivity contribution in [1.29, 1.82) is 0 Å². The molecule has 0 aliphatic rings. The smallest absolute Gasteiger partial charge is 0.421 e. The molecule has 732 valence electrons. The number of Topliss-reactive ketones (excluding diaryl/α,β-unsaturated/α-hetero) is 2. The van der Waals surface area contributed by atoms with Crippen LogP contribution < -0.4 is 18.9 Å². The number of methoxy groups -OCH3 is 2. The summed E-state index contributed by atoms with van der Waals surface area (Å²) < 4.78 is 263. The van der Waals surface area contributed by atoms with Crippen LogP contribution in [-0.4, -0.2) is 137 Å². The first-order valence-corrected chi connectivity index (χ1v) is 38.6. The SMILES string of the molecule is C.C.CC(O)(c1cc(-c2ccc(O)c(C(C)(O)C(F)(F)F)c2)ccc1O)C(F)(F)F.COc1ccc(-c2ccc(OC(=O)c3ccc(C(C)=O)cc3)c(C(C)(O)C(F)(F)F)c2)cc1C(C)(O)C(F)(F)F.COc1ccc(-c2ccc(OC(=O)c3cccc(C(C)=O)c3)c(C(C)(O)C(F)(F)F)c2)cc1C(C)(O)C(F)(F)F.I.O=C(Cl)c1cccc(C(=O)Cl)c1.O=C(Cl)c1cccc(C(=O)Cl)c1.[HH]. The molecule has 0 fully saturated rings. The summed E-state index contributed by atoms with van der Waals surface area (Å²) in [5, 5.41) is 78.0. The minimum Gasteiger partial charge on any atom is -0.508 e. The fraction of sp³-hybridized carbons (Fsp3) is 0.261. The van der Waals surface area contributed by atoms with E-state index in [0.29, 0.717) is 41.5 Å². The summed E-state index contributed by atoms with van der Waals surface area (Å²) in [6, 6.07) is 40.1. The number of carbonyl (C=O) groups is 8. The molecule has 0 aromatic heterocycles. The van der Waals surface area contributed by atoms with E-state index < -0.39 is 160 Å². The second-order valence-corrected chi connectivity index (χ2v) is 30.8. The maximum Gasteiger partial charge on any atom is 0.421 e. The van der Waals surface area contributed by atoms with Crippen LogP contribution in [0.4, 0.5) is 79.0 Å². The molecule has 135 heavy (non-hydrogen) atoms. The second kappa shape index (κ2) is 45.1. The van der Waals surface area contributed by atoms with Gasteiger partial charge in [0.25, 0.3) is 21.0 Å². The Morgan fingerprint density at radius 2 is 0.459 bits per heavy atom. The quantitative estimate of drug-likeness (QED) is 0.00827. The Morgan fingerprint density at radius 3 is 0.696 bits per heavy atom. The van der Waals surface area contributed by atoms with Crippen LogP contribution in [0.5, 0.6) is 34.5 Å². The highest BCUT2D eigenvalue weighted by Crippen LogP contribution is 2.52. The van der Waals surface area contributed by atoms with Gasteiger partial charge >= 0.3 is 49.0 Å². The summed E-state index contributed by atoms with van der Waals surface area (Å²) in [6.07, 6.45) is -31.0. The minimum absolute atomic E-state index is 0. The first-order chi connectivity index (χ1) is 60.3. The standard InChI is InChI=1S/2C28H24F6O6.C18H16F6O4.2C8H4Cl2O2.2CH4.HI.H2/c1-15(35)16-5-7-17(8-6-16)24(36)40-23-12-10-19(14-21(23)26(3,38)28(32,33)34)18-9-11-22(39-4)20(13-18)25(2,37)27(29,30)31;1-15(35)16-6-5-7-19(12-16)24(36)40-23-11-9-18(14-21(23)26(3,38)28(32,33)34)17-8-10-22(39-4)20(13-17)25(2,37)27(29,30)31;1-15(27,17(19,20)21)11-7-9(3-5-13(11)25)10-4-6-14(26)12(8-10)16(2,28)18(22,23)24;2*9-7(11)5-2-1-3-6(4-5)8(10)12;;;;/h2*5-14,37-38H,1-4H3;3-8,25-28H,1-2H3;2*1-4H;2*1H4;2*1H. The van der Waals surface area contributed by atoms with E-state index in [-0.39, 0.29) is 141 Å². The summed E-state index contributed by atoms with van der Waals surface area (Å²) in [7, 11) is 2.17. The Balaban J connectivity index is 0.000000611. The molecule has 0 amide bonds. The lowest BCUT2D eigenvalue weighted by molar-refractivity contribution is -0.259. The zero-order valence-electron chi connectivity index (χ0n) is 69.8. The predicted octanol–water partition coefficient (Wildman–Crippen LogP) is 24.0. The molecular formula is C92H83Cl4F18IO20. The number of rotatable bonds is 21. The Hall–Kier alpha value is -11.3. The molecule has 0 spiro atoms. The summed E-state index contributed by atoms with van der Waals surface area (Å²) in [5.41, 5.74) is -25.0. The molecule has 0 saturated heterocycles. The molecule has 10 aromatic carbocycles. The lowest BCUT2D eigenvalue weighted by atomic mass is 9.88. The van der Waals surface area contributed by atoms with E-state index in [0.717, 1.165) is 99.1 Å². The number of aromatic hydroxyl groups is 2. The van der Waals surface area contributed by atoms with Crippen molar-refractivity contribution >= 4 is 115 Å². The van der Waals surface area contributed by atoms with E-state index in [1.807, 2.05) is 0 Å².